The highest BCUT2D eigenvalue weighted by Gasteiger charge is 2.08. The maximum atomic E-state index is 13.1. The van der Waals surface area contributed by atoms with Crippen LogP contribution in [-0.2, 0) is 6.54 Å². The molecule has 0 fully saturated rings. The number of hydrogen-bond donors (Lipinski definition) is 1. The lowest BCUT2D eigenvalue weighted by Gasteiger charge is -2.08. The molecule has 17 heavy (non-hydrogen) atoms. The lowest BCUT2D eigenvalue weighted by molar-refractivity contribution is 0.624. The van der Waals surface area contributed by atoms with E-state index in [4.69, 9.17) is 18.0 Å². The monoisotopic (exact) mass is 361 g/mol. The Morgan fingerprint density at radius 2 is 2.29 bits per heavy atom. The molecule has 0 spiro atoms. The van der Waals surface area contributed by atoms with E-state index in [9.17, 15) is 4.39 Å². The lowest BCUT2D eigenvalue weighted by atomic mass is 10.1. The van der Waals surface area contributed by atoms with Gasteiger partial charge in [0.25, 0.3) is 0 Å². The third-order valence-electron chi connectivity index (χ3n) is 2.27. The van der Waals surface area contributed by atoms with Gasteiger partial charge in [-0.15, -0.1) is 0 Å². The van der Waals surface area contributed by atoms with Crippen molar-refractivity contribution in [3.63, 3.8) is 0 Å². The Hall–Kier alpha value is -1.02. The number of hydrogen-bond acceptors (Lipinski definition) is 2. The summed E-state index contributed by atoms with van der Waals surface area (Å²) in [6.07, 6.45) is 3.65. The summed E-state index contributed by atoms with van der Waals surface area (Å²) >= 11 is 7.09. The molecule has 6 heteroatoms. The summed E-state index contributed by atoms with van der Waals surface area (Å²) in [5.74, 6) is -0.341. The van der Waals surface area contributed by atoms with E-state index in [1.54, 1.807) is 16.9 Å². The molecule has 1 heterocycles. The molecule has 0 atom stereocenters. The van der Waals surface area contributed by atoms with Gasteiger partial charge in [-0.25, -0.2) is 4.39 Å². The fourth-order valence-electron chi connectivity index (χ4n) is 1.52. The van der Waals surface area contributed by atoms with Crippen molar-refractivity contribution in [1.82, 2.24) is 9.78 Å². The molecule has 0 amide bonds. The predicted octanol–water partition coefficient (Wildman–Crippen LogP) is 2.31. The van der Waals surface area contributed by atoms with Gasteiger partial charge >= 0.3 is 0 Å². The van der Waals surface area contributed by atoms with E-state index in [0.29, 0.717) is 12.1 Å². The molecule has 0 aliphatic rings. The van der Waals surface area contributed by atoms with Crippen molar-refractivity contribution in [2.45, 2.75) is 6.54 Å². The van der Waals surface area contributed by atoms with E-state index in [1.807, 2.05) is 6.20 Å². The first-order valence-corrected chi connectivity index (χ1v) is 6.31. The number of nitrogens with zero attached hydrogens (tertiary/aromatic N) is 2. The van der Waals surface area contributed by atoms with Crippen molar-refractivity contribution in [3.8, 4) is 0 Å². The molecular weight excluding hydrogens is 352 g/mol. The fourth-order valence-corrected chi connectivity index (χ4v) is 2.15. The minimum absolute atomic E-state index is 0.196. The average Bonchev–Trinajstić information content (AvgIpc) is 2.66. The van der Waals surface area contributed by atoms with Crippen LogP contribution >= 0.6 is 34.8 Å². The molecule has 2 N–H and O–H groups in total. The van der Waals surface area contributed by atoms with E-state index in [2.05, 4.69) is 27.7 Å². The largest absolute Gasteiger partial charge is 0.389 e. The first-order chi connectivity index (χ1) is 8.06. The van der Waals surface area contributed by atoms with E-state index in [-0.39, 0.29) is 10.8 Å². The van der Waals surface area contributed by atoms with Gasteiger partial charge in [0.05, 0.1) is 16.3 Å². The number of rotatable bonds is 3. The molecule has 1 aromatic heterocycles. The fraction of sp³-hybridized carbons (Fsp3) is 0.0909. The maximum Gasteiger partial charge on any atom is 0.123 e. The maximum absolute atomic E-state index is 13.1. The summed E-state index contributed by atoms with van der Waals surface area (Å²) in [6, 6.07) is 4.43. The van der Waals surface area contributed by atoms with Crippen molar-refractivity contribution in [1.29, 1.82) is 0 Å². The van der Waals surface area contributed by atoms with Crippen LogP contribution in [0.4, 0.5) is 4.39 Å². The van der Waals surface area contributed by atoms with Gasteiger partial charge in [-0.2, -0.15) is 5.10 Å². The van der Waals surface area contributed by atoms with Gasteiger partial charge in [-0.1, -0.05) is 18.3 Å². The number of benzene rings is 1. The van der Waals surface area contributed by atoms with Crippen LogP contribution in [0.3, 0.4) is 0 Å². The van der Waals surface area contributed by atoms with Crippen molar-refractivity contribution < 1.29 is 4.39 Å². The van der Waals surface area contributed by atoms with Crippen LogP contribution in [-0.4, -0.2) is 14.8 Å². The van der Waals surface area contributed by atoms with E-state index >= 15 is 0 Å². The molecule has 3 nitrogen and oxygen atoms in total. The summed E-state index contributed by atoms with van der Waals surface area (Å²) in [5.41, 5.74) is 7.00. The second-order valence-electron chi connectivity index (χ2n) is 3.52. The first-order valence-electron chi connectivity index (χ1n) is 4.82. The van der Waals surface area contributed by atoms with E-state index in [1.165, 1.54) is 12.1 Å². The molecule has 0 unspecified atom stereocenters. The molecule has 0 saturated heterocycles. The highest BCUT2D eigenvalue weighted by Crippen LogP contribution is 2.13. The topological polar surface area (TPSA) is 43.8 Å². The molecule has 0 aliphatic carbocycles. The third-order valence-corrected chi connectivity index (χ3v) is 3.05. The summed E-state index contributed by atoms with van der Waals surface area (Å²) in [5, 5.41) is 4.17. The minimum Gasteiger partial charge on any atom is -0.389 e. The summed E-state index contributed by atoms with van der Waals surface area (Å²) in [6.45, 7) is 0.524. The quantitative estimate of drug-likeness (QED) is 0.674. The molecular formula is C11H9FIN3S. The molecule has 2 aromatic rings. The van der Waals surface area contributed by atoms with Gasteiger partial charge < -0.3 is 5.73 Å². The summed E-state index contributed by atoms with van der Waals surface area (Å²) in [7, 11) is 0. The van der Waals surface area contributed by atoms with Gasteiger partial charge in [-0.05, 0) is 40.3 Å². The van der Waals surface area contributed by atoms with Gasteiger partial charge in [-0.3, -0.25) is 4.68 Å². The van der Waals surface area contributed by atoms with Crippen molar-refractivity contribution >= 4 is 39.8 Å². The highest BCUT2D eigenvalue weighted by atomic mass is 127. The molecule has 88 valence electrons. The van der Waals surface area contributed by atoms with Crippen LogP contribution in [0, 0.1) is 9.39 Å². The molecule has 0 bridgehead atoms. The number of halogens is 2. The van der Waals surface area contributed by atoms with Crippen LogP contribution < -0.4 is 5.73 Å². The highest BCUT2D eigenvalue weighted by molar-refractivity contribution is 14.1. The molecule has 0 radical (unpaired) electrons. The third kappa shape index (κ3) is 3.01. The Labute approximate surface area is 117 Å². The SMILES string of the molecule is NC(=S)c1cc(F)ccc1Cn1cc(I)cn1. The Balaban J connectivity index is 2.35. The van der Waals surface area contributed by atoms with Crippen molar-refractivity contribution in [2.75, 3.05) is 0 Å². The van der Waals surface area contributed by atoms with Gasteiger partial charge in [0.15, 0.2) is 0 Å². The standard InChI is InChI=1S/C11H9FIN3S/c12-8-2-1-7(10(3-8)11(14)17)5-16-6-9(13)4-15-16/h1-4,6H,5H2,(H2,14,17). The van der Waals surface area contributed by atoms with Gasteiger partial charge in [0.1, 0.15) is 10.8 Å². The molecule has 1 aromatic carbocycles. The van der Waals surface area contributed by atoms with Crippen molar-refractivity contribution in [2.24, 2.45) is 5.73 Å². The van der Waals surface area contributed by atoms with Crippen LogP contribution in [0.25, 0.3) is 0 Å². The van der Waals surface area contributed by atoms with Crippen LogP contribution in [0.2, 0.25) is 0 Å². The normalized spacial score (nSPS) is 10.5. The Morgan fingerprint density at radius 1 is 1.53 bits per heavy atom. The Bertz CT molecular complexity index is 568. The van der Waals surface area contributed by atoms with Crippen LogP contribution in [0.1, 0.15) is 11.1 Å². The second-order valence-corrected chi connectivity index (χ2v) is 5.21. The number of nitrogens with two attached hydrogens (primary N) is 1. The average molecular weight is 361 g/mol. The minimum atomic E-state index is -0.341. The van der Waals surface area contributed by atoms with Gasteiger partial charge in [0, 0.05) is 11.8 Å². The van der Waals surface area contributed by atoms with E-state index in [0.717, 1.165) is 9.13 Å². The number of aromatic nitrogens is 2. The van der Waals surface area contributed by atoms with E-state index < -0.39 is 0 Å². The lowest BCUT2D eigenvalue weighted by Crippen LogP contribution is -2.14. The first kappa shape index (κ1) is 12.4. The van der Waals surface area contributed by atoms with Gasteiger partial charge in [0.2, 0.25) is 0 Å². The number of thiocarbonyl (C=S) groups is 1. The van der Waals surface area contributed by atoms with Crippen LogP contribution in [0.15, 0.2) is 30.6 Å². The molecule has 0 aliphatic heterocycles. The molecule has 0 saturated carbocycles. The Morgan fingerprint density at radius 3 is 2.88 bits per heavy atom. The smallest absolute Gasteiger partial charge is 0.123 e. The second kappa shape index (κ2) is 5.09. The van der Waals surface area contributed by atoms with Crippen LogP contribution in [0.5, 0.6) is 0 Å². The molecule has 2 rings (SSSR count). The zero-order valence-electron chi connectivity index (χ0n) is 8.73. The summed E-state index contributed by atoms with van der Waals surface area (Å²) < 4.78 is 15.9. The summed E-state index contributed by atoms with van der Waals surface area (Å²) in [4.78, 5) is 0.196. The van der Waals surface area contributed by atoms with Crippen molar-refractivity contribution in [3.05, 3.63) is 51.1 Å². The zero-order valence-corrected chi connectivity index (χ0v) is 11.7. The zero-order chi connectivity index (χ0) is 12.4. The predicted molar refractivity (Wildman–Crippen MR) is 76.3 cm³/mol. The Kier molecular flexibility index (Phi) is 3.72.